The molecule has 1 heterocycles. The highest BCUT2D eigenvalue weighted by Crippen LogP contribution is 2.34. The van der Waals surface area contributed by atoms with Crippen LogP contribution in [0.5, 0.6) is 0 Å². The number of rotatable bonds is 11. The van der Waals surface area contributed by atoms with E-state index in [9.17, 15) is 21.6 Å². The van der Waals surface area contributed by atoms with E-state index in [1.54, 1.807) is 48.5 Å². The number of sulfone groups is 2. The maximum Gasteiger partial charge on any atom is 0.300 e. The van der Waals surface area contributed by atoms with Crippen LogP contribution in [0.4, 0.5) is 11.4 Å². The van der Waals surface area contributed by atoms with Crippen molar-refractivity contribution in [1.29, 1.82) is 0 Å². The summed E-state index contributed by atoms with van der Waals surface area (Å²) >= 11 is 18.7. The Morgan fingerprint density at radius 1 is 0.818 bits per heavy atom. The highest BCUT2D eigenvalue weighted by molar-refractivity contribution is 9.10. The number of nitrogens with zero attached hydrogens (tertiary/aromatic N) is 1. The lowest BCUT2D eigenvalue weighted by Gasteiger charge is -2.10. The molecule has 11 nitrogen and oxygen atoms in total. The summed E-state index contributed by atoms with van der Waals surface area (Å²) in [4.78, 5) is 29.8. The summed E-state index contributed by atoms with van der Waals surface area (Å²) in [5.74, 6) is 0.863. The van der Waals surface area contributed by atoms with Gasteiger partial charge in [-0.25, -0.2) is 21.8 Å². The molecule has 5 aromatic rings. The van der Waals surface area contributed by atoms with Gasteiger partial charge in [-0.2, -0.15) is 0 Å². The van der Waals surface area contributed by atoms with E-state index in [4.69, 9.17) is 38.8 Å². The second-order valence-electron chi connectivity index (χ2n) is 13.5. The van der Waals surface area contributed by atoms with Gasteiger partial charge in [0, 0.05) is 22.3 Å². The molecule has 2 fully saturated rings. The van der Waals surface area contributed by atoms with E-state index in [1.807, 2.05) is 24.3 Å². The van der Waals surface area contributed by atoms with Gasteiger partial charge in [0.15, 0.2) is 19.7 Å². The number of H-pyrrole nitrogens is 1. The zero-order valence-electron chi connectivity index (χ0n) is 29.5. The molecule has 2 aliphatic rings. The number of hydrogen-bond donors (Lipinski definition) is 4. The summed E-state index contributed by atoms with van der Waals surface area (Å²) < 4.78 is 50.5. The topological polar surface area (TPSA) is 189 Å². The molecular weight excluding hydrogens is 919 g/mol. The largest absolute Gasteiger partial charge is 0.481 e. The summed E-state index contributed by atoms with van der Waals surface area (Å²) in [6.07, 6.45) is 4.76. The van der Waals surface area contributed by atoms with Crippen LogP contribution in [-0.4, -0.2) is 55.3 Å². The molecule has 2 saturated carbocycles. The Morgan fingerprint density at radius 2 is 1.29 bits per heavy atom. The maximum atomic E-state index is 12.3. The number of nitrogen functional groups attached to an aromatic ring is 1. The van der Waals surface area contributed by atoms with Crippen molar-refractivity contribution in [2.24, 2.45) is 11.8 Å². The Kier molecular flexibility index (Phi) is 14.1. The molecule has 2 aliphatic carbocycles. The van der Waals surface area contributed by atoms with Crippen molar-refractivity contribution in [1.82, 2.24) is 9.97 Å². The Hall–Kier alpha value is -3.47. The standard InChI is InChI=1S/C18H18BrClN2O3S.C18H16BrClN2O2S.C2H4O2/c19-14-8-17(16(21)9-15(14)20)22-18(23)7-11-3-5-13(6-4-11)26(24,25)10-12-1-2-12;19-14-8-16-17(9-15(14)20)22-18(21-16)7-11-3-5-13(6-4-11)25(23,24)10-12-1-2-12;1-2(3)4/h3-6,8-9,12H,1-2,7,10,21H2,(H,22,23);3-6,8-9,12H,1-2,7,10H2,(H,21,22);1H3,(H,3,4). The lowest BCUT2D eigenvalue weighted by atomic mass is 10.1. The molecule has 0 radical (unpaired) electrons. The molecule has 0 atom stereocenters. The SMILES string of the molecule is CC(=O)O.Nc1cc(Cl)c(Br)cc1NC(=O)Cc1ccc(S(=O)(=O)CC2CC2)cc1.O=S(=O)(CC1CC1)c1ccc(Cc2nc3cc(Br)c(Cl)cc3[nH]2)cc1. The molecule has 0 unspecified atom stereocenters. The number of carbonyl (C=O) groups excluding carboxylic acids is 1. The molecule has 0 bridgehead atoms. The molecule has 5 N–H and O–H groups in total. The van der Waals surface area contributed by atoms with Crippen LogP contribution < -0.4 is 11.1 Å². The smallest absolute Gasteiger partial charge is 0.300 e. The van der Waals surface area contributed by atoms with Gasteiger partial charge in [-0.3, -0.25) is 9.59 Å². The first-order valence-corrected chi connectivity index (χ1v) is 22.7. The van der Waals surface area contributed by atoms with Gasteiger partial charge in [-0.05, 0) is 129 Å². The van der Waals surface area contributed by atoms with E-state index in [-0.39, 0.29) is 23.8 Å². The Balaban J connectivity index is 0.000000193. The highest BCUT2D eigenvalue weighted by atomic mass is 79.9. The lowest BCUT2D eigenvalue weighted by molar-refractivity contribution is -0.134. The average Bonchev–Trinajstić information content (AvgIpc) is 4.04. The van der Waals surface area contributed by atoms with Crippen molar-refractivity contribution in [3.8, 4) is 0 Å². The Bertz CT molecular complexity index is 2380. The van der Waals surface area contributed by atoms with Crippen LogP contribution in [0, 0.1) is 11.8 Å². The fourth-order valence-electron chi connectivity index (χ4n) is 5.40. The van der Waals surface area contributed by atoms with Gasteiger partial charge in [-0.15, -0.1) is 0 Å². The third-order valence-corrected chi connectivity index (χ3v) is 14.7. The second-order valence-corrected chi connectivity index (χ2v) is 20.1. The van der Waals surface area contributed by atoms with E-state index in [2.05, 4.69) is 47.1 Å². The molecule has 7 rings (SSSR count). The minimum atomic E-state index is -3.24. The number of amides is 1. The molecule has 0 saturated heterocycles. The van der Waals surface area contributed by atoms with E-state index in [1.165, 1.54) is 0 Å². The number of nitrogens with two attached hydrogens (primary N) is 1. The predicted octanol–water partition coefficient (Wildman–Crippen LogP) is 8.89. The number of fused-ring (bicyclic) bond motifs is 1. The molecule has 55 heavy (non-hydrogen) atoms. The van der Waals surface area contributed by atoms with Crippen LogP contribution in [0.1, 0.15) is 49.6 Å². The monoisotopic (exact) mass is 954 g/mol. The number of halogens is 4. The van der Waals surface area contributed by atoms with Crippen molar-refractivity contribution >= 4 is 109 Å². The minimum Gasteiger partial charge on any atom is -0.481 e. The van der Waals surface area contributed by atoms with E-state index < -0.39 is 25.6 Å². The van der Waals surface area contributed by atoms with Gasteiger partial charge in [0.25, 0.3) is 5.97 Å². The maximum absolute atomic E-state index is 12.3. The fraction of sp³-hybridized carbons (Fsp3) is 0.289. The zero-order chi connectivity index (χ0) is 40.1. The predicted molar refractivity (Wildman–Crippen MR) is 223 cm³/mol. The van der Waals surface area contributed by atoms with E-state index in [0.717, 1.165) is 65.1 Å². The number of nitrogens with one attached hydrogen (secondary N) is 2. The first-order valence-electron chi connectivity index (χ1n) is 17.1. The number of aromatic amines is 1. The molecule has 1 aromatic heterocycles. The summed E-state index contributed by atoms with van der Waals surface area (Å²) in [5.41, 5.74) is 10.1. The van der Waals surface area contributed by atoms with Crippen LogP contribution in [0.25, 0.3) is 11.0 Å². The van der Waals surface area contributed by atoms with Crippen molar-refractivity contribution in [3.63, 3.8) is 0 Å². The van der Waals surface area contributed by atoms with Gasteiger partial charge < -0.3 is 21.1 Å². The van der Waals surface area contributed by atoms with Crippen LogP contribution in [-0.2, 0) is 42.1 Å². The number of aromatic nitrogens is 2. The highest BCUT2D eigenvalue weighted by Gasteiger charge is 2.30. The van der Waals surface area contributed by atoms with Crippen molar-refractivity contribution < 1.29 is 31.5 Å². The first kappa shape index (κ1) is 42.7. The molecule has 292 valence electrons. The first-order chi connectivity index (χ1) is 25.9. The molecule has 0 aliphatic heterocycles. The van der Waals surface area contributed by atoms with Crippen LogP contribution >= 0.6 is 55.1 Å². The summed E-state index contributed by atoms with van der Waals surface area (Å²) in [6, 6.07) is 20.5. The molecular formula is C38H38Br2Cl2N4O7S2. The normalized spacial score (nSPS) is 14.0. The third-order valence-electron chi connectivity index (χ3n) is 8.54. The van der Waals surface area contributed by atoms with Crippen molar-refractivity contribution in [2.75, 3.05) is 22.6 Å². The summed E-state index contributed by atoms with van der Waals surface area (Å²) in [5, 5.41) is 11.2. The molecule has 4 aromatic carbocycles. The van der Waals surface area contributed by atoms with Gasteiger partial charge in [0.05, 0.1) is 60.2 Å². The van der Waals surface area contributed by atoms with Gasteiger partial charge in [-0.1, -0.05) is 47.5 Å². The summed E-state index contributed by atoms with van der Waals surface area (Å²) in [7, 11) is -6.40. The second kappa shape index (κ2) is 18.2. The number of hydrogen-bond acceptors (Lipinski definition) is 8. The Labute approximate surface area is 346 Å². The number of anilines is 2. The van der Waals surface area contributed by atoms with Crippen molar-refractivity contribution in [3.05, 3.63) is 109 Å². The van der Waals surface area contributed by atoms with Gasteiger partial charge in [0.2, 0.25) is 5.91 Å². The number of imidazole rings is 1. The lowest BCUT2D eigenvalue weighted by Crippen LogP contribution is -2.15. The number of benzene rings is 4. The average molecular weight is 958 g/mol. The Morgan fingerprint density at radius 3 is 1.80 bits per heavy atom. The number of carbonyl (C=O) groups is 2. The van der Waals surface area contributed by atoms with Gasteiger partial charge >= 0.3 is 0 Å². The summed E-state index contributed by atoms with van der Waals surface area (Å²) in [6.45, 7) is 1.08. The fourth-order valence-corrected chi connectivity index (χ4v) is 9.80. The van der Waals surface area contributed by atoms with Crippen molar-refractivity contribution in [2.45, 2.75) is 55.2 Å². The third kappa shape index (κ3) is 12.8. The minimum absolute atomic E-state index is 0.114. The number of aliphatic carboxylic acids is 1. The van der Waals surface area contributed by atoms with Gasteiger partial charge in [0.1, 0.15) is 5.82 Å². The molecule has 0 spiro atoms. The van der Waals surface area contributed by atoms with Crippen LogP contribution in [0.3, 0.4) is 0 Å². The van der Waals surface area contributed by atoms with Crippen LogP contribution in [0.15, 0.2) is 91.5 Å². The van der Waals surface area contributed by atoms with E-state index in [0.29, 0.717) is 53.9 Å². The molecule has 17 heteroatoms. The number of carboxylic acids is 1. The van der Waals surface area contributed by atoms with E-state index >= 15 is 0 Å². The zero-order valence-corrected chi connectivity index (χ0v) is 35.8. The number of carboxylic acid groups (broad SMARTS) is 1. The van der Waals surface area contributed by atoms with Crippen LogP contribution in [0.2, 0.25) is 10.0 Å². The quantitative estimate of drug-likeness (QED) is 0.0938. The molecule has 1 amide bonds.